The molecule has 0 saturated carbocycles. The maximum absolute atomic E-state index is 12.5. The summed E-state index contributed by atoms with van der Waals surface area (Å²) >= 11 is 0. The summed E-state index contributed by atoms with van der Waals surface area (Å²) in [6, 6.07) is 10.2. The van der Waals surface area contributed by atoms with E-state index < -0.39 is 0 Å². The fourth-order valence-electron chi connectivity index (χ4n) is 4.18. The second-order valence-electron chi connectivity index (χ2n) is 7.18. The lowest BCUT2D eigenvalue weighted by Gasteiger charge is -2.45. The Bertz CT molecular complexity index is 753. The van der Waals surface area contributed by atoms with E-state index in [-0.39, 0.29) is 5.54 Å². The number of anilines is 1. The number of pyridine rings is 2. The van der Waals surface area contributed by atoms with Crippen molar-refractivity contribution in [2.75, 3.05) is 18.0 Å². The smallest absolute Gasteiger partial charge is 0.223 e. The minimum atomic E-state index is 0.0146. The Hall–Kier alpha value is -2.43. The van der Waals surface area contributed by atoms with Crippen LogP contribution in [0.1, 0.15) is 36.9 Å². The molecule has 0 N–H and O–H groups in total. The highest BCUT2D eigenvalue weighted by atomic mass is 16.2. The minimum Gasteiger partial charge on any atom is -0.356 e. The number of aromatic nitrogens is 2. The largest absolute Gasteiger partial charge is 0.356 e. The number of hydrogen-bond acceptors (Lipinski definition) is 4. The van der Waals surface area contributed by atoms with Crippen molar-refractivity contribution in [2.45, 2.75) is 44.7 Å². The van der Waals surface area contributed by atoms with Crippen molar-refractivity contribution < 1.29 is 4.79 Å². The van der Waals surface area contributed by atoms with Crippen LogP contribution in [0.4, 0.5) is 5.82 Å². The van der Waals surface area contributed by atoms with Gasteiger partial charge in [0.2, 0.25) is 5.91 Å². The Balaban J connectivity index is 1.49. The molecule has 2 fully saturated rings. The third-order valence-corrected chi connectivity index (χ3v) is 5.66. The molecular weight excluding hydrogens is 312 g/mol. The van der Waals surface area contributed by atoms with Crippen molar-refractivity contribution in [3.63, 3.8) is 0 Å². The van der Waals surface area contributed by atoms with E-state index in [1.807, 2.05) is 25.1 Å². The summed E-state index contributed by atoms with van der Waals surface area (Å²) in [7, 11) is 0. The van der Waals surface area contributed by atoms with Gasteiger partial charge in [0.25, 0.3) is 0 Å². The molecule has 4 heterocycles. The highest BCUT2D eigenvalue weighted by molar-refractivity contribution is 5.79. The van der Waals surface area contributed by atoms with Gasteiger partial charge in [-0.05, 0) is 56.0 Å². The molecule has 2 aromatic rings. The molecule has 2 aromatic heterocycles. The van der Waals surface area contributed by atoms with Gasteiger partial charge in [0.05, 0.1) is 0 Å². The standard InChI is InChI=1S/C20H24N4O/c1-16-3-2-4-18(22-16)23-13-9-20(10-14-23)8-5-19(25)24(20)15-17-6-11-21-12-7-17/h2-4,6-7,11-12H,5,8-10,13-15H2,1H3. The molecule has 2 saturated heterocycles. The van der Waals surface area contributed by atoms with Crippen LogP contribution >= 0.6 is 0 Å². The number of carbonyl (C=O) groups excluding carboxylic acids is 1. The zero-order valence-corrected chi connectivity index (χ0v) is 14.7. The molecule has 1 amide bonds. The van der Waals surface area contributed by atoms with E-state index in [1.165, 1.54) is 0 Å². The zero-order valence-electron chi connectivity index (χ0n) is 14.7. The molecule has 0 radical (unpaired) electrons. The summed E-state index contributed by atoms with van der Waals surface area (Å²) in [6.45, 7) is 4.64. The number of rotatable bonds is 3. The number of amides is 1. The second kappa shape index (κ2) is 6.47. The maximum Gasteiger partial charge on any atom is 0.223 e. The molecule has 0 bridgehead atoms. The number of carbonyl (C=O) groups is 1. The van der Waals surface area contributed by atoms with Crippen LogP contribution in [-0.2, 0) is 11.3 Å². The van der Waals surface area contributed by atoms with Gasteiger partial charge >= 0.3 is 0 Å². The number of nitrogens with zero attached hydrogens (tertiary/aromatic N) is 4. The third-order valence-electron chi connectivity index (χ3n) is 5.66. The second-order valence-corrected chi connectivity index (χ2v) is 7.18. The van der Waals surface area contributed by atoms with Crippen molar-refractivity contribution in [3.8, 4) is 0 Å². The predicted molar refractivity (Wildman–Crippen MR) is 97.2 cm³/mol. The summed E-state index contributed by atoms with van der Waals surface area (Å²) < 4.78 is 0. The molecule has 0 aromatic carbocycles. The zero-order chi connectivity index (χ0) is 17.3. The van der Waals surface area contributed by atoms with Gasteiger partial charge in [-0.25, -0.2) is 4.98 Å². The Labute approximate surface area is 148 Å². The number of likely N-dealkylation sites (tertiary alicyclic amines) is 1. The van der Waals surface area contributed by atoms with Crippen LogP contribution in [0.5, 0.6) is 0 Å². The molecule has 0 aliphatic carbocycles. The van der Waals surface area contributed by atoms with Crippen LogP contribution in [0.3, 0.4) is 0 Å². The van der Waals surface area contributed by atoms with Crippen molar-refractivity contribution >= 4 is 11.7 Å². The summed E-state index contributed by atoms with van der Waals surface area (Å²) in [5, 5.41) is 0. The van der Waals surface area contributed by atoms with Crippen LogP contribution in [-0.4, -0.2) is 39.4 Å². The lowest BCUT2D eigenvalue weighted by atomic mass is 9.84. The summed E-state index contributed by atoms with van der Waals surface area (Å²) in [5.74, 6) is 1.35. The van der Waals surface area contributed by atoms with E-state index >= 15 is 0 Å². The van der Waals surface area contributed by atoms with Crippen molar-refractivity contribution in [1.29, 1.82) is 0 Å². The van der Waals surface area contributed by atoms with E-state index in [2.05, 4.69) is 31.9 Å². The van der Waals surface area contributed by atoms with Gasteiger partial charge in [0.15, 0.2) is 0 Å². The first kappa shape index (κ1) is 16.1. The van der Waals surface area contributed by atoms with E-state index in [4.69, 9.17) is 0 Å². The first-order valence-electron chi connectivity index (χ1n) is 9.04. The summed E-state index contributed by atoms with van der Waals surface area (Å²) in [4.78, 5) is 25.7. The lowest BCUT2D eigenvalue weighted by molar-refractivity contribution is -0.132. The van der Waals surface area contributed by atoms with Crippen LogP contribution in [0.15, 0.2) is 42.7 Å². The van der Waals surface area contributed by atoms with Gasteiger partial charge in [-0.2, -0.15) is 0 Å². The van der Waals surface area contributed by atoms with Gasteiger partial charge in [-0.1, -0.05) is 6.07 Å². The van der Waals surface area contributed by atoms with Gasteiger partial charge in [0.1, 0.15) is 5.82 Å². The quantitative estimate of drug-likeness (QED) is 0.865. The fraction of sp³-hybridized carbons (Fsp3) is 0.450. The van der Waals surface area contributed by atoms with Crippen molar-refractivity contribution in [2.24, 2.45) is 0 Å². The van der Waals surface area contributed by atoms with Gasteiger partial charge in [-0.15, -0.1) is 0 Å². The molecule has 0 unspecified atom stereocenters. The summed E-state index contributed by atoms with van der Waals surface area (Å²) in [6.07, 6.45) is 7.28. The maximum atomic E-state index is 12.5. The van der Waals surface area contributed by atoms with Gasteiger partial charge in [-0.3, -0.25) is 9.78 Å². The van der Waals surface area contributed by atoms with Crippen LogP contribution in [0.25, 0.3) is 0 Å². The molecule has 25 heavy (non-hydrogen) atoms. The molecule has 5 heteroatoms. The van der Waals surface area contributed by atoms with Gasteiger partial charge < -0.3 is 9.80 Å². The van der Waals surface area contributed by atoms with Crippen LogP contribution in [0.2, 0.25) is 0 Å². The molecule has 2 aliphatic heterocycles. The Kier molecular flexibility index (Phi) is 4.15. The average molecular weight is 336 g/mol. The molecule has 2 aliphatic rings. The molecule has 0 atom stereocenters. The Morgan fingerprint density at radius 2 is 1.84 bits per heavy atom. The van der Waals surface area contributed by atoms with E-state index in [0.29, 0.717) is 18.9 Å². The summed E-state index contributed by atoms with van der Waals surface area (Å²) in [5.41, 5.74) is 2.22. The van der Waals surface area contributed by atoms with E-state index in [9.17, 15) is 4.79 Å². The monoisotopic (exact) mass is 336 g/mol. The topological polar surface area (TPSA) is 49.3 Å². The number of aryl methyl sites for hydroxylation is 1. The minimum absolute atomic E-state index is 0.0146. The van der Waals surface area contributed by atoms with Gasteiger partial charge in [0, 0.05) is 49.7 Å². The molecule has 4 rings (SSSR count). The molecule has 1 spiro atoms. The lowest BCUT2D eigenvalue weighted by Crippen LogP contribution is -2.53. The molecule has 5 nitrogen and oxygen atoms in total. The van der Waals surface area contributed by atoms with Crippen LogP contribution < -0.4 is 4.90 Å². The third kappa shape index (κ3) is 3.11. The Morgan fingerprint density at radius 1 is 1.08 bits per heavy atom. The van der Waals surface area contributed by atoms with E-state index in [0.717, 1.165) is 49.4 Å². The molecular formula is C20H24N4O. The molecule has 130 valence electrons. The average Bonchev–Trinajstić information content (AvgIpc) is 2.93. The van der Waals surface area contributed by atoms with Crippen LogP contribution in [0, 0.1) is 6.92 Å². The highest BCUT2D eigenvalue weighted by Crippen LogP contribution is 2.40. The van der Waals surface area contributed by atoms with Crippen molar-refractivity contribution in [1.82, 2.24) is 14.9 Å². The fourth-order valence-corrected chi connectivity index (χ4v) is 4.18. The Morgan fingerprint density at radius 3 is 2.56 bits per heavy atom. The van der Waals surface area contributed by atoms with E-state index in [1.54, 1.807) is 12.4 Å². The highest BCUT2D eigenvalue weighted by Gasteiger charge is 2.46. The first-order valence-corrected chi connectivity index (χ1v) is 9.04. The predicted octanol–water partition coefficient (Wildman–Crippen LogP) is 2.95. The number of hydrogen-bond donors (Lipinski definition) is 0. The normalized spacial score (nSPS) is 19.6. The SMILES string of the molecule is Cc1cccc(N2CCC3(CCC(=O)N3Cc3ccncc3)CC2)n1. The first-order chi connectivity index (χ1) is 12.2. The van der Waals surface area contributed by atoms with Crippen molar-refractivity contribution in [3.05, 3.63) is 54.0 Å². The number of piperidine rings is 1.